The zero-order valence-electron chi connectivity index (χ0n) is 15.4. The van der Waals surface area contributed by atoms with E-state index in [9.17, 15) is 5.11 Å². The Morgan fingerprint density at radius 2 is 1.68 bits per heavy atom. The van der Waals surface area contributed by atoms with Crippen LogP contribution in [0.4, 0.5) is 11.4 Å². The van der Waals surface area contributed by atoms with Crippen LogP contribution >= 0.6 is 11.6 Å². The minimum atomic E-state index is 0.203. The lowest BCUT2D eigenvalue weighted by Crippen LogP contribution is -2.16. The van der Waals surface area contributed by atoms with Gasteiger partial charge in [0.15, 0.2) is 0 Å². The van der Waals surface area contributed by atoms with E-state index in [0.29, 0.717) is 23.6 Å². The molecule has 0 saturated heterocycles. The molecule has 140 valence electrons. The first-order valence-electron chi connectivity index (χ1n) is 9.00. The molecule has 4 nitrogen and oxygen atoms in total. The quantitative estimate of drug-likeness (QED) is 0.591. The lowest BCUT2D eigenvalue weighted by Gasteiger charge is -2.11. The van der Waals surface area contributed by atoms with Gasteiger partial charge in [-0.25, -0.2) is 0 Å². The number of phenols is 1. The molecule has 28 heavy (non-hydrogen) atoms. The molecule has 1 heterocycles. The molecule has 4 rings (SSSR count). The summed E-state index contributed by atoms with van der Waals surface area (Å²) in [6.07, 6.45) is 0.485. The third kappa shape index (κ3) is 3.92. The van der Waals surface area contributed by atoms with Crippen molar-refractivity contribution in [3.05, 3.63) is 82.9 Å². The lowest BCUT2D eigenvalue weighted by molar-refractivity contribution is 0.375. The molecular weight excluding hydrogens is 372 g/mol. The summed E-state index contributed by atoms with van der Waals surface area (Å²) < 4.78 is 5.96. The largest absolute Gasteiger partial charge is 0.507 e. The third-order valence-electron chi connectivity index (χ3n) is 4.54. The van der Waals surface area contributed by atoms with Gasteiger partial charge >= 0.3 is 0 Å². The number of para-hydroxylation sites is 3. The molecule has 1 N–H and O–H groups in total. The Bertz CT molecular complexity index is 1090. The molecule has 0 spiro atoms. The zero-order chi connectivity index (χ0) is 19.5. The molecule has 0 unspecified atom stereocenters. The Kier molecular flexibility index (Phi) is 5.13. The van der Waals surface area contributed by atoms with E-state index in [1.807, 2.05) is 61.5 Å². The second-order valence-corrected chi connectivity index (χ2v) is 7.03. The van der Waals surface area contributed by atoms with E-state index in [2.05, 4.69) is 0 Å². The van der Waals surface area contributed by atoms with Gasteiger partial charge in [-0.1, -0.05) is 35.9 Å². The minimum Gasteiger partial charge on any atom is -0.507 e. The Morgan fingerprint density at radius 1 is 0.964 bits per heavy atom. The first-order chi connectivity index (χ1) is 13.6. The maximum atomic E-state index is 10.3. The standard InChI is InChI=1S/C23H19ClN2O2/c1-15-12-17(10-11-19(15)24)28-14-16-13-22(18-6-2-5-9-23(18)27)26-21-8-4-3-7-20(21)25-16/h2-12,27H,13-14H2,1H3. The highest BCUT2D eigenvalue weighted by atomic mass is 35.5. The molecule has 3 aromatic rings. The number of rotatable bonds is 4. The van der Waals surface area contributed by atoms with Crippen LogP contribution in [-0.2, 0) is 0 Å². The predicted molar refractivity (Wildman–Crippen MR) is 114 cm³/mol. The first-order valence-corrected chi connectivity index (χ1v) is 9.38. The molecule has 0 amide bonds. The topological polar surface area (TPSA) is 54.2 Å². The average Bonchev–Trinajstić information content (AvgIpc) is 2.88. The van der Waals surface area contributed by atoms with Crippen LogP contribution in [0.2, 0.25) is 5.02 Å². The fourth-order valence-corrected chi connectivity index (χ4v) is 3.19. The summed E-state index contributed by atoms with van der Waals surface area (Å²) >= 11 is 6.09. The van der Waals surface area contributed by atoms with Crippen molar-refractivity contribution < 1.29 is 9.84 Å². The van der Waals surface area contributed by atoms with E-state index in [4.69, 9.17) is 26.3 Å². The van der Waals surface area contributed by atoms with Crippen LogP contribution in [0.5, 0.6) is 11.5 Å². The van der Waals surface area contributed by atoms with Gasteiger partial charge in [-0.3, -0.25) is 9.98 Å². The molecule has 3 aromatic carbocycles. The van der Waals surface area contributed by atoms with Crippen LogP contribution < -0.4 is 4.74 Å². The Balaban J connectivity index is 1.66. The molecule has 0 radical (unpaired) electrons. The summed E-state index contributed by atoms with van der Waals surface area (Å²) in [6.45, 7) is 2.26. The molecule has 0 bridgehead atoms. The van der Waals surface area contributed by atoms with Gasteiger partial charge in [-0.05, 0) is 55.0 Å². The van der Waals surface area contributed by atoms with E-state index in [-0.39, 0.29) is 5.75 Å². The van der Waals surface area contributed by atoms with Gasteiger partial charge in [0.05, 0.1) is 22.8 Å². The molecule has 5 heteroatoms. The summed E-state index contributed by atoms with van der Waals surface area (Å²) in [6, 6.07) is 20.5. The van der Waals surface area contributed by atoms with Crippen LogP contribution in [0.1, 0.15) is 17.5 Å². The van der Waals surface area contributed by atoms with Crippen molar-refractivity contribution >= 4 is 34.4 Å². The van der Waals surface area contributed by atoms with Gasteiger partial charge in [0.2, 0.25) is 0 Å². The highest BCUT2D eigenvalue weighted by Gasteiger charge is 2.17. The van der Waals surface area contributed by atoms with Crippen molar-refractivity contribution in [2.75, 3.05) is 6.61 Å². The van der Waals surface area contributed by atoms with Crippen molar-refractivity contribution in [2.45, 2.75) is 13.3 Å². The second-order valence-electron chi connectivity index (χ2n) is 6.62. The highest BCUT2D eigenvalue weighted by Crippen LogP contribution is 2.33. The van der Waals surface area contributed by atoms with E-state index < -0.39 is 0 Å². The maximum Gasteiger partial charge on any atom is 0.127 e. The Morgan fingerprint density at radius 3 is 2.43 bits per heavy atom. The molecule has 1 aliphatic heterocycles. The lowest BCUT2D eigenvalue weighted by atomic mass is 10.0. The highest BCUT2D eigenvalue weighted by molar-refractivity contribution is 6.31. The van der Waals surface area contributed by atoms with Crippen LogP contribution in [0, 0.1) is 6.92 Å². The SMILES string of the molecule is Cc1cc(OCC2=Nc3ccccc3N=C(c3ccccc3O)C2)ccc1Cl. The second kappa shape index (κ2) is 7.87. The van der Waals surface area contributed by atoms with E-state index in [1.54, 1.807) is 12.1 Å². The molecule has 0 fully saturated rings. The summed E-state index contributed by atoms with van der Waals surface area (Å²) in [7, 11) is 0. The molecule has 0 saturated carbocycles. The van der Waals surface area contributed by atoms with Crippen molar-refractivity contribution in [2.24, 2.45) is 9.98 Å². The smallest absolute Gasteiger partial charge is 0.127 e. The number of hydrogen-bond donors (Lipinski definition) is 1. The van der Waals surface area contributed by atoms with Gasteiger partial charge in [0, 0.05) is 17.0 Å². The van der Waals surface area contributed by atoms with Gasteiger partial charge in [0.1, 0.15) is 18.1 Å². The number of phenolic OH excluding ortho intramolecular Hbond substituents is 1. The minimum absolute atomic E-state index is 0.203. The van der Waals surface area contributed by atoms with Gasteiger partial charge in [0.25, 0.3) is 0 Å². The van der Waals surface area contributed by atoms with Gasteiger partial charge in [-0.15, -0.1) is 0 Å². The van der Waals surface area contributed by atoms with Crippen molar-refractivity contribution in [3.63, 3.8) is 0 Å². The van der Waals surface area contributed by atoms with Gasteiger partial charge < -0.3 is 9.84 Å². The fraction of sp³-hybridized carbons (Fsp3) is 0.130. The van der Waals surface area contributed by atoms with E-state index in [1.165, 1.54) is 0 Å². The number of aliphatic imine (C=N–C) groups is 2. The molecular formula is C23H19ClN2O2. The molecule has 1 aliphatic rings. The predicted octanol–water partition coefficient (Wildman–Crippen LogP) is 6.03. The molecule has 0 atom stereocenters. The normalized spacial score (nSPS) is 13.2. The number of ether oxygens (including phenoxy) is 1. The summed E-state index contributed by atoms with van der Waals surface area (Å²) in [5.41, 5.74) is 4.83. The number of fused-ring (bicyclic) bond motifs is 1. The number of hydrogen-bond acceptors (Lipinski definition) is 4. The first kappa shape index (κ1) is 18.3. The summed E-state index contributed by atoms with van der Waals surface area (Å²) in [4.78, 5) is 9.54. The third-order valence-corrected chi connectivity index (χ3v) is 4.96. The van der Waals surface area contributed by atoms with E-state index >= 15 is 0 Å². The van der Waals surface area contributed by atoms with Crippen LogP contribution in [0.3, 0.4) is 0 Å². The fourth-order valence-electron chi connectivity index (χ4n) is 3.07. The van der Waals surface area contributed by atoms with Crippen LogP contribution in [0.15, 0.2) is 76.7 Å². The maximum absolute atomic E-state index is 10.3. The number of benzene rings is 3. The van der Waals surface area contributed by atoms with Crippen LogP contribution in [-0.4, -0.2) is 23.1 Å². The van der Waals surface area contributed by atoms with E-state index in [0.717, 1.165) is 34.1 Å². The van der Waals surface area contributed by atoms with Crippen LogP contribution in [0.25, 0.3) is 0 Å². The average molecular weight is 391 g/mol. The number of aryl methyl sites for hydroxylation is 1. The monoisotopic (exact) mass is 390 g/mol. The molecule has 0 aromatic heterocycles. The Hall–Kier alpha value is -3.11. The number of aromatic hydroxyl groups is 1. The van der Waals surface area contributed by atoms with Crippen molar-refractivity contribution in [1.82, 2.24) is 0 Å². The number of nitrogens with zero attached hydrogens (tertiary/aromatic N) is 2. The van der Waals surface area contributed by atoms with Crippen molar-refractivity contribution in [3.8, 4) is 11.5 Å². The Labute approximate surface area is 168 Å². The summed E-state index contributed by atoms with van der Waals surface area (Å²) in [5.74, 6) is 0.942. The number of halogens is 1. The summed E-state index contributed by atoms with van der Waals surface area (Å²) in [5, 5.41) is 11.0. The zero-order valence-corrected chi connectivity index (χ0v) is 16.1. The van der Waals surface area contributed by atoms with Crippen molar-refractivity contribution in [1.29, 1.82) is 0 Å². The molecule has 0 aliphatic carbocycles. The van der Waals surface area contributed by atoms with Gasteiger partial charge in [-0.2, -0.15) is 0 Å².